The van der Waals surface area contributed by atoms with Crippen molar-refractivity contribution in [1.82, 2.24) is 5.32 Å². The van der Waals surface area contributed by atoms with Crippen molar-refractivity contribution in [2.24, 2.45) is 0 Å². The highest BCUT2D eigenvalue weighted by atomic mass is 16.5. The van der Waals surface area contributed by atoms with Gasteiger partial charge in [-0.2, -0.15) is 0 Å². The maximum absolute atomic E-state index is 6.12. The monoisotopic (exact) mass is 267 g/mol. The van der Waals surface area contributed by atoms with Crippen LogP contribution in [0.4, 0.5) is 0 Å². The first-order chi connectivity index (χ1) is 9.23. The van der Waals surface area contributed by atoms with Crippen molar-refractivity contribution in [1.29, 1.82) is 0 Å². The van der Waals surface area contributed by atoms with Gasteiger partial charge in [0.2, 0.25) is 0 Å². The number of allylic oxidation sites excluding steroid dienone is 1. The first-order valence-electron chi connectivity index (χ1n) is 8.21. The van der Waals surface area contributed by atoms with Crippen molar-refractivity contribution in [3.8, 4) is 0 Å². The maximum atomic E-state index is 6.12. The Bertz CT molecular complexity index is 233. The van der Waals surface area contributed by atoms with E-state index in [0.717, 1.165) is 19.6 Å². The van der Waals surface area contributed by atoms with E-state index in [9.17, 15) is 0 Å². The van der Waals surface area contributed by atoms with Crippen LogP contribution >= 0.6 is 0 Å². The number of unbranched alkanes of at least 4 members (excludes halogenated alkanes) is 3. The Morgan fingerprint density at radius 3 is 2.79 bits per heavy atom. The molecule has 112 valence electrons. The van der Waals surface area contributed by atoms with Gasteiger partial charge in [0.1, 0.15) is 0 Å². The van der Waals surface area contributed by atoms with E-state index in [2.05, 4.69) is 25.7 Å². The molecule has 1 fully saturated rings. The third-order valence-corrected chi connectivity index (χ3v) is 4.28. The molecule has 0 aromatic carbocycles. The van der Waals surface area contributed by atoms with E-state index in [4.69, 9.17) is 4.74 Å². The smallest absolute Gasteiger partial charge is 0.0806 e. The Kier molecular flexibility index (Phi) is 8.40. The van der Waals surface area contributed by atoms with E-state index in [1.807, 2.05) is 6.08 Å². The second-order valence-electron chi connectivity index (χ2n) is 6.05. The van der Waals surface area contributed by atoms with Gasteiger partial charge in [-0.05, 0) is 58.4 Å². The van der Waals surface area contributed by atoms with Crippen LogP contribution in [0.2, 0.25) is 0 Å². The van der Waals surface area contributed by atoms with Gasteiger partial charge >= 0.3 is 0 Å². The standard InChI is InChI=1S/C17H33NO/c1-4-6-7-8-9-12-16(18-14-5-2)17(3)13-10-11-15-19-17/h4,16,18H,1,5-15H2,2-3H3. The zero-order chi connectivity index (χ0) is 14.0. The van der Waals surface area contributed by atoms with Crippen molar-refractivity contribution in [3.63, 3.8) is 0 Å². The molecule has 0 spiro atoms. The molecule has 2 atom stereocenters. The van der Waals surface area contributed by atoms with Crippen molar-refractivity contribution < 1.29 is 4.74 Å². The molecule has 1 rings (SSSR count). The number of hydrogen-bond donors (Lipinski definition) is 1. The van der Waals surface area contributed by atoms with Crippen LogP contribution in [0.3, 0.4) is 0 Å². The van der Waals surface area contributed by atoms with Crippen LogP contribution in [-0.2, 0) is 4.74 Å². The summed E-state index contributed by atoms with van der Waals surface area (Å²) in [5, 5.41) is 3.73. The van der Waals surface area contributed by atoms with Crippen LogP contribution in [0.25, 0.3) is 0 Å². The minimum absolute atomic E-state index is 0.0614. The van der Waals surface area contributed by atoms with Crippen molar-refractivity contribution in [2.45, 2.75) is 83.3 Å². The summed E-state index contributed by atoms with van der Waals surface area (Å²) in [4.78, 5) is 0. The molecule has 0 amide bonds. The Balaban J connectivity index is 2.38. The minimum atomic E-state index is 0.0614. The lowest BCUT2D eigenvalue weighted by Gasteiger charge is -2.41. The fourth-order valence-electron chi connectivity index (χ4n) is 2.99. The third kappa shape index (κ3) is 6.09. The molecular formula is C17H33NO. The van der Waals surface area contributed by atoms with E-state index in [0.29, 0.717) is 6.04 Å². The molecule has 1 aliphatic heterocycles. The fraction of sp³-hybridized carbons (Fsp3) is 0.882. The predicted molar refractivity (Wildman–Crippen MR) is 83.6 cm³/mol. The lowest BCUT2D eigenvalue weighted by atomic mass is 9.85. The summed E-state index contributed by atoms with van der Waals surface area (Å²) < 4.78 is 6.12. The maximum Gasteiger partial charge on any atom is 0.0806 e. The molecule has 1 aliphatic rings. The van der Waals surface area contributed by atoms with Gasteiger partial charge in [-0.15, -0.1) is 6.58 Å². The fourth-order valence-corrected chi connectivity index (χ4v) is 2.99. The van der Waals surface area contributed by atoms with Gasteiger partial charge in [0.25, 0.3) is 0 Å². The van der Waals surface area contributed by atoms with E-state index in [1.165, 1.54) is 51.4 Å². The number of ether oxygens (including phenoxy) is 1. The summed E-state index contributed by atoms with van der Waals surface area (Å²) >= 11 is 0. The molecule has 0 saturated carbocycles. The van der Waals surface area contributed by atoms with E-state index in [-0.39, 0.29) is 5.60 Å². The molecule has 0 aromatic heterocycles. The molecule has 1 saturated heterocycles. The molecule has 2 unspecified atom stereocenters. The molecule has 0 aliphatic carbocycles. The zero-order valence-corrected chi connectivity index (χ0v) is 13.0. The molecule has 2 nitrogen and oxygen atoms in total. The summed E-state index contributed by atoms with van der Waals surface area (Å²) in [7, 11) is 0. The summed E-state index contributed by atoms with van der Waals surface area (Å²) in [6, 6.07) is 0.525. The van der Waals surface area contributed by atoms with E-state index in [1.54, 1.807) is 0 Å². The molecule has 19 heavy (non-hydrogen) atoms. The highest BCUT2D eigenvalue weighted by molar-refractivity contribution is 4.91. The van der Waals surface area contributed by atoms with Gasteiger partial charge in [-0.1, -0.05) is 25.8 Å². The molecule has 2 heteroatoms. The molecule has 0 aromatic rings. The van der Waals surface area contributed by atoms with Gasteiger partial charge in [-0.3, -0.25) is 0 Å². The first kappa shape index (κ1) is 16.7. The minimum Gasteiger partial charge on any atom is -0.374 e. The van der Waals surface area contributed by atoms with Crippen LogP contribution in [0, 0.1) is 0 Å². The van der Waals surface area contributed by atoms with Gasteiger partial charge in [0.05, 0.1) is 5.60 Å². The molecular weight excluding hydrogens is 234 g/mol. The SMILES string of the molecule is C=CCCCCCC(NCCC)C1(C)CCCCO1. The van der Waals surface area contributed by atoms with Gasteiger partial charge < -0.3 is 10.1 Å². The van der Waals surface area contributed by atoms with Gasteiger partial charge in [-0.25, -0.2) is 0 Å². The van der Waals surface area contributed by atoms with Crippen molar-refractivity contribution in [2.75, 3.05) is 13.2 Å². The van der Waals surface area contributed by atoms with E-state index >= 15 is 0 Å². The van der Waals surface area contributed by atoms with Crippen LogP contribution in [0.1, 0.15) is 71.6 Å². The summed E-state index contributed by atoms with van der Waals surface area (Å²) in [5.41, 5.74) is 0.0614. The molecule has 0 radical (unpaired) electrons. The molecule has 1 heterocycles. The highest BCUT2D eigenvalue weighted by Crippen LogP contribution is 2.30. The Hall–Kier alpha value is -0.340. The van der Waals surface area contributed by atoms with Gasteiger partial charge in [0, 0.05) is 12.6 Å². The first-order valence-corrected chi connectivity index (χ1v) is 8.21. The second kappa shape index (κ2) is 9.55. The number of rotatable bonds is 10. The number of hydrogen-bond acceptors (Lipinski definition) is 2. The Labute approximate surface area is 120 Å². The third-order valence-electron chi connectivity index (χ3n) is 4.28. The predicted octanol–water partition coefficient (Wildman–Crippen LogP) is 4.45. The summed E-state index contributed by atoms with van der Waals surface area (Å²) in [6.45, 7) is 10.4. The average Bonchev–Trinajstić information content (AvgIpc) is 2.42. The highest BCUT2D eigenvalue weighted by Gasteiger charge is 2.35. The Morgan fingerprint density at radius 2 is 2.16 bits per heavy atom. The largest absolute Gasteiger partial charge is 0.374 e. The zero-order valence-electron chi connectivity index (χ0n) is 13.0. The molecule has 0 bridgehead atoms. The average molecular weight is 267 g/mol. The van der Waals surface area contributed by atoms with Gasteiger partial charge in [0.15, 0.2) is 0 Å². The van der Waals surface area contributed by atoms with Crippen molar-refractivity contribution >= 4 is 0 Å². The van der Waals surface area contributed by atoms with Crippen LogP contribution in [0.15, 0.2) is 12.7 Å². The van der Waals surface area contributed by atoms with Crippen LogP contribution in [0.5, 0.6) is 0 Å². The summed E-state index contributed by atoms with van der Waals surface area (Å²) in [5.74, 6) is 0. The normalized spacial score (nSPS) is 25.2. The van der Waals surface area contributed by atoms with E-state index < -0.39 is 0 Å². The van der Waals surface area contributed by atoms with Crippen molar-refractivity contribution in [3.05, 3.63) is 12.7 Å². The topological polar surface area (TPSA) is 21.3 Å². The Morgan fingerprint density at radius 1 is 1.32 bits per heavy atom. The van der Waals surface area contributed by atoms with Crippen LogP contribution in [-0.4, -0.2) is 24.8 Å². The number of nitrogens with one attached hydrogen (secondary N) is 1. The lowest BCUT2D eigenvalue weighted by molar-refractivity contribution is -0.0903. The molecule has 1 N–H and O–H groups in total. The van der Waals surface area contributed by atoms with Crippen LogP contribution < -0.4 is 5.32 Å². The lowest BCUT2D eigenvalue weighted by Crippen LogP contribution is -2.52. The summed E-state index contributed by atoms with van der Waals surface area (Å²) in [6.07, 6.45) is 13.3. The quantitative estimate of drug-likeness (QED) is 0.466. The second-order valence-corrected chi connectivity index (χ2v) is 6.05.